The highest BCUT2D eigenvalue weighted by atomic mass is 35.5. The van der Waals surface area contributed by atoms with Crippen LogP contribution in [0.4, 0.5) is 0 Å². The van der Waals surface area contributed by atoms with E-state index >= 15 is 0 Å². The molecule has 0 bridgehead atoms. The predicted molar refractivity (Wildman–Crippen MR) is 60.5 cm³/mol. The zero-order valence-corrected chi connectivity index (χ0v) is 9.75. The number of nitrogens with zero attached hydrogens (tertiary/aromatic N) is 1. The van der Waals surface area contributed by atoms with E-state index in [2.05, 4.69) is 9.89 Å². The van der Waals surface area contributed by atoms with E-state index in [1.54, 1.807) is 6.07 Å². The summed E-state index contributed by atoms with van der Waals surface area (Å²) in [7, 11) is 0. The van der Waals surface area contributed by atoms with Gasteiger partial charge in [0, 0.05) is 12.5 Å². The average molecular weight is 258 g/mol. The first kappa shape index (κ1) is 11.2. The van der Waals surface area contributed by atoms with Crippen LogP contribution in [0.3, 0.4) is 0 Å². The van der Waals surface area contributed by atoms with Gasteiger partial charge in [-0.2, -0.15) is 0 Å². The molecule has 0 aliphatic rings. The molecule has 0 aliphatic heterocycles. The molecule has 0 saturated heterocycles. The van der Waals surface area contributed by atoms with Crippen molar-refractivity contribution >= 4 is 29.4 Å². The van der Waals surface area contributed by atoms with Crippen LogP contribution in [0.25, 0.3) is 10.6 Å². The summed E-state index contributed by atoms with van der Waals surface area (Å²) in [5.74, 6) is 0.679. The standard InChI is InChI=1S/C10H8ClNO3S/c11-10-2-1-9(16-10)8-5-7(12-15-8)3-4-14-6-13/h1-2,5-6H,3-4H2. The summed E-state index contributed by atoms with van der Waals surface area (Å²) in [4.78, 5) is 10.9. The van der Waals surface area contributed by atoms with Crippen LogP contribution in [0.5, 0.6) is 0 Å². The molecule has 0 aromatic carbocycles. The second kappa shape index (κ2) is 5.14. The van der Waals surface area contributed by atoms with Gasteiger partial charge in [-0.15, -0.1) is 11.3 Å². The van der Waals surface area contributed by atoms with Gasteiger partial charge < -0.3 is 9.26 Å². The number of carbonyl (C=O) groups is 1. The molecular weight excluding hydrogens is 250 g/mol. The van der Waals surface area contributed by atoms with Crippen LogP contribution in [0.2, 0.25) is 4.34 Å². The number of aromatic nitrogens is 1. The van der Waals surface area contributed by atoms with E-state index in [4.69, 9.17) is 16.1 Å². The van der Waals surface area contributed by atoms with E-state index in [0.717, 1.165) is 10.6 Å². The van der Waals surface area contributed by atoms with E-state index < -0.39 is 0 Å². The van der Waals surface area contributed by atoms with E-state index in [-0.39, 0.29) is 0 Å². The number of hydrogen-bond donors (Lipinski definition) is 0. The molecule has 4 nitrogen and oxygen atoms in total. The largest absolute Gasteiger partial charge is 0.467 e. The van der Waals surface area contributed by atoms with Gasteiger partial charge in [0.15, 0.2) is 5.76 Å². The van der Waals surface area contributed by atoms with Crippen LogP contribution in [-0.2, 0) is 16.0 Å². The summed E-state index contributed by atoms with van der Waals surface area (Å²) < 4.78 is 10.4. The lowest BCUT2D eigenvalue weighted by molar-refractivity contribution is -0.128. The Morgan fingerprint density at radius 1 is 1.56 bits per heavy atom. The third-order valence-electron chi connectivity index (χ3n) is 1.92. The van der Waals surface area contributed by atoms with Crippen molar-refractivity contribution in [2.75, 3.05) is 6.61 Å². The van der Waals surface area contributed by atoms with Gasteiger partial charge in [-0.3, -0.25) is 4.79 Å². The SMILES string of the molecule is O=COCCc1cc(-c2ccc(Cl)s2)on1. The Bertz CT molecular complexity index is 480. The highest BCUT2D eigenvalue weighted by molar-refractivity contribution is 7.19. The van der Waals surface area contributed by atoms with Gasteiger partial charge in [0.1, 0.15) is 0 Å². The molecule has 0 spiro atoms. The van der Waals surface area contributed by atoms with Crippen molar-refractivity contribution in [3.05, 3.63) is 28.2 Å². The summed E-state index contributed by atoms with van der Waals surface area (Å²) in [6, 6.07) is 5.49. The van der Waals surface area contributed by atoms with Crippen molar-refractivity contribution in [2.45, 2.75) is 6.42 Å². The fourth-order valence-corrected chi connectivity index (χ4v) is 2.20. The first-order chi connectivity index (χ1) is 7.79. The topological polar surface area (TPSA) is 52.3 Å². The number of thiophene rings is 1. The molecule has 0 saturated carbocycles. The summed E-state index contributed by atoms with van der Waals surface area (Å²) in [6.45, 7) is 0.723. The fourth-order valence-electron chi connectivity index (χ4n) is 1.20. The minimum atomic E-state index is 0.306. The number of carbonyl (C=O) groups excluding carboxylic acids is 1. The van der Waals surface area contributed by atoms with Gasteiger partial charge in [-0.05, 0) is 12.1 Å². The highest BCUT2D eigenvalue weighted by Crippen LogP contribution is 2.31. The Morgan fingerprint density at radius 2 is 2.44 bits per heavy atom. The van der Waals surface area contributed by atoms with Crippen molar-refractivity contribution in [3.8, 4) is 10.6 Å². The van der Waals surface area contributed by atoms with Crippen LogP contribution in [0.15, 0.2) is 22.7 Å². The monoisotopic (exact) mass is 257 g/mol. The third kappa shape index (κ3) is 2.62. The minimum absolute atomic E-state index is 0.306. The first-order valence-corrected chi connectivity index (χ1v) is 5.75. The Labute approximate surface area is 101 Å². The van der Waals surface area contributed by atoms with Crippen LogP contribution in [0, 0.1) is 0 Å². The fraction of sp³-hybridized carbons (Fsp3) is 0.200. The maximum atomic E-state index is 9.95. The molecule has 0 fully saturated rings. The minimum Gasteiger partial charge on any atom is -0.467 e. The van der Waals surface area contributed by atoms with E-state index in [9.17, 15) is 4.79 Å². The molecule has 84 valence electrons. The van der Waals surface area contributed by atoms with Gasteiger partial charge >= 0.3 is 0 Å². The molecule has 0 amide bonds. The van der Waals surface area contributed by atoms with Gasteiger partial charge in [0.05, 0.1) is 21.5 Å². The van der Waals surface area contributed by atoms with Crippen molar-refractivity contribution in [1.82, 2.24) is 5.16 Å². The van der Waals surface area contributed by atoms with Crippen LogP contribution in [0.1, 0.15) is 5.69 Å². The van der Waals surface area contributed by atoms with Crippen molar-refractivity contribution in [2.24, 2.45) is 0 Å². The van der Waals surface area contributed by atoms with Gasteiger partial charge in [0.2, 0.25) is 0 Å². The summed E-state index contributed by atoms with van der Waals surface area (Å²) in [5, 5.41) is 3.87. The Balaban J connectivity index is 2.04. The molecule has 2 heterocycles. The molecule has 0 aliphatic carbocycles. The van der Waals surface area contributed by atoms with Crippen LogP contribution in [-0.4, -0.2) is 18.2 Å². The maximum Gasteiger partial charge on any atom is 0.293 e. The number of halogens is 1. The van der Waals surface area contributed by atoms with E-state index in [0.29, 0.717) is 29.6 Å². The van der Waals surface area contributed by atoms with E-state index in [1.165, 1.54) is 11.3 Å². The normalized spacial score (nSPS) is 10.3. The molecule has 2 aromatic heterocycles. The summed E-state index contributed by atoms with van der Waals surface area (Å²) >= 11 is 7.24. The lowest BCUT2D eigenvalue weighted by atomic mass is 10.3. The van der Waals surface area contributed by atoms with Gasteiger partial charge in [0.25, 0.3) is 6.47 Å². The maximum absolute atomic E-state index is 9.95. The average Bonchev–Trinajstić information content (AvgIpc) is 2.87. The van der Waals surface area contributed by atoms with Gasteiger partial charge in [-0.25, -0.2) is 0 Å². The van der Waals surface area contributed by atoms with Crippen LogP contribution < -0.4 is 0 Å². The highest BCUT2D eigenvalue weighted by Gasteiger charge is 2.08. The summed E-state index contributed by atoms with van der Waals surface area (Å²) in [6.07, 6.45) is 0.543. The number of hydrogen-bond acceptors (Lipinski definition) is 5. The Kier molecular flexibility index (Phi) is 3.58. The second-order valence-electron chi connectivity index (χ2n) is 3.00. The smallest absolute Gasteiger partial charge is 0.293 e. The Morgan fingerprint density at radius 3 is 3.12 bits per heavy atom. The molecular formula is C10H8ClNO3S. The number of rotatable bonds is 5. The Hall–Kier alpha value is -1.33. The molecule has 6 heteroatoms. The molecule has 2 rings (SSSR count). The van der Waals surface area contributed by atoms with Crippen molar-refractivity contribution in [1.29, 1.82) is 0 Å². The molecule has 0 radical (unpaired) electrons. The first-order valence-electron chi connectivity index (χ1n) is 4.56. The lowest BCUT2D eigenvalue weighted by Gasteiger charge is -1.91. The second-order valence-corrected chi connectivity index (χ2v) is 4.72. The lowest BCUT2D eigenvalue weighted by Crippen LogP contribution is -1.96. The quantitative estimate of drug-likeness (QED) is 0.610. The molecule has 0 N–H and O–H groups in total. The molecule has 2 aromatic rings. The summed E-state index contributed by atoms with van der Waals surface area (Å²) in [5.41, 5.74) is 0.751. The predicted octanol–water partition coefficient (Wildman–Crippen LogP) is 2.77. The van der Waals surface area contributed by atoms with Crippen molar-refractivity contribution < 1.29 is 14.1 Å². The van der Waals surface area contributed by atoms with E-state index in [1.807, 2.05) is 12.1 Å². The number of ether oxygens (including phenoxy) is 1. The molecule has 16 heavy (non-hydrogen) atoms. The van der Waals surface area contributed by atoms with Crippen molar-refractivity contribution in [3.63, 3.8) is 0 Å². The molecule has 0 unspecified atom stereocenters. The van der Waals surface area contributed by atoms with Crippen LogP contribution >= 0.6 is 22.9 Å². The zero-order chi connectivity index (χ0) is 11.4. The van der Waals surface area contributed by atoms with Gasteiger partial charge in [-0.1, -0.05) is 16.8 Å². The third-order valence-corrected chi connectivity index (χ3v) is 3.16. The zero-order valence-electron chi connectivity index (χ0n) is 8.18. The molecule has 0 atom stereocenters.